The van der Waals surface area contributed by atoms with Crippen LogP contribution in [0.1, 0.15) is 18.5 Å². The average Bonchev–Trinajstić information content (AvgIpc) is 2.27. The van der Waals surface area contributed by atoms with Crippen molar-refractivity contribution in [2.75, 3.05) is 6.54 Å². The lowest BCUT2D eigenvalue weighted by molar-refractivity contribution is 0.750. The molecule has 14 heavy (non-hydrogen) atoms. The Morgan fingerprint density at radius 3 is 2.79 bits per heavy atom. The third-order valence-electron chi connectivity index (χ3n) is 2.48. The molecule has 0 radical (unpaired) electrons. The predicted molar refractivity (Wildman–Crippen MR) is 59.2 cm³/mol. The summed E-state index contributed by atoms with van der Waals surface area (Å²) in [6, 6.07) is 12.3. The van der Waals surface area contributed by atoms with Crippen LogP contribution < -0.4 is 5.73 Å². The zero-order chi connectivity index (χ0) is 9.97. The van der Waals surface area contributed by atoms with E-state index in [1.807, 2.05) is 18.2 Å². The first-order valence-corrected chi connectivity index (χ1v) is 4.87. The van der Waals surface area contributed by atoms with Gasteiger partial charge in [-0.15, -0.1) is 0 Å². The molecule has 0 fully saturated rings. The molecular weight excluding hydrogens is 172 g/mol. The molecule has 1 unspecified atom stereocenters. The fraction of sp³-hybridized carbons (Fsp3) is 0.250. The van der Waals surface area contributed by atoms with E-state index in [2.05, 4.69) is 30.1 Å². The van der Waals surface area contributed by atoms with Crippen molar-refractivity contribution in [1.29, 1.82) is 0 Å². The van der Waals surface area contributed by atoms with Crippen molar-refractivity contribution < 1.29 is 0 Å². The van der Waals surface area contributed by atoms with Crippen LogP contribution in [-0.2, 0) is 0 Å². The SMILES string of the molecule is CC(CN)c1ccc2ccccc2n1. The first-order valence-electron chi connectivity index (χ1n) is 4.87. The second-order valence-corrected chi connectivity index (χ2v) is 3.57. The summed E-state index contributed by atoms with van der Waals surface area (Å²) in [4.78, 5) is 4.57. The molecule has 0 aliphatic rings. The summed E-state index contributed by atoms with van der Waals surface area (Å²) in [5.41, 5.74) is 7.73. The highest BCUT2D eigenvalue weighted by atomic mass is 14.7. The van der Waals surface area contributed by atoms with Crippen LogP contribution >= 0.6 is 0 Å². The summed E-state index contributed by atoms with van der Waals surface area (Å²) in [5.74, 6) is 0.333. The topological polar surface area (TPSA) is 38.9 Å². The van der Waals surface area contributed by atoms with Gasteiger partial charge in [-0.3, -0.25) is 4.98 Å². The highest BCUT2D eigenvalue weighted by Gasteiger charge is 2.04. The molecule has 0 aliphatic heterocycles. The quantitative estimate of drug-likeness (QED) is 0.781. The number of fused-ring (bicyclic) bond motifs is 1. The van der Waals surface area contributed by atoms with Crippen molar-refractivity contribution >= 4 is 10.9 Å². The van der Waals surface area contributed by atoms with Gasteiger partial charge in [0.15, 0.2) is 0 Å². The van der Waals surface area contributed by atoms with Crippen LogP contribution in [0.15, 0.2) is 36.4 Å². The molecule has 0 saturated carbocycles. The molecule has 2 aromatic rings. The van der Waals surface area contributed by atoms with Crippen molar-refractivity contribution in [3.63, 3.8) is 0 Å². The standard InChI is InChI=1S/C12H14N2/c1-9(8-13)11-7-6-10-4-2-3-5-12(10)14-11/h2-7,9H,8,13H2,1H3. The van der Waals surface area contributed by atoms with Gasteiger partial charge in [0.2, 0.25) is 0 Å². The molecule has 0 saturated heterocycles. The third-order valence-corrected chi connectivity index (χ3v) is 2.48. The molecule has 2 heteroatoms. The fourth-order valence-electron chi connectivity index (χ4n) is 1.48. The summed E-state index contributed by atoms with van der Waals surface area (Å²) in [5, 5.41) is 1.18. The van der Waals surface area contributed by atoms with E-state index in [0.29, 0.717) is 12.5 Å². The summed E-state index contributed by atoms with van der Waals surface area (Å²) < 4.78 is 0. The Balaban J connectivity index is 2.51. The Morgan fingerprint density at radius 2 is 2.00 bits per heavy atom. The minimum atomic E-state index is 0.333. The number of benzene rings is 1. The highest BCUT2D eigenvalue weighted by Crippen LogP contribution is 2.16. The van der Waals surface area contributed by atoms with Crippen LogP contribution in [0.3, 0.4) is 0 Å². The molecular formula is C12H14N2. The molecule has 0 bridgehead atoms. The smallest absolute Gasteiger partial charge is 0.0705 e. The van der Waals surface area contributed by atoms with Crippen molar-refractivity contribution in [1.82, 2.24) is 4.98 Å². The summed E-state index contributed by atoms with van der Waals surface area (Å²) in [6.45, 7) is 2.74. The summed E-state index contributed by atoms with van der Waals surface area (Å²) in [7, 11) is 0. The van der Waals surface area contributed by atoms with Crippen LogP contribution in [0.5, 0.6) is 0 Å². The van der Waals surface area contributed by atoms with Gasteiger partial charge in [-0.25, -0.2) is 0 Å². The number of aromatic nitrogens is 1. The van der Waals surface area contributed by atoms with Gasteiger partial charge >= 0.3 is 0 Å². The van der Waals surface area contributed by atoms with Gasteiger partial charge in [0.05, 0.1) is 5.52 Å². The van der Waals surface area contributed by atoms with Crippen LogP contribution in [0.25, 0.3) is 10.9 Å². The maximum atomic E-state index is 5.61. The van der Waals surface area contributed by atoms with Crippen LogP contribution in [0.2, 0.25) is 0 Å². The molecule has 1 heterocycles. The van der Waals surface area contributed by atoms with E-state index in [4.69, 9.17) is 5.73 Å². The highest BCUT2D eigenvalue weighted by molar-refractivity contribution is 5.78. The predicted octanol–water partition coefficient (Wildman–Crippen LogP) is 2.30. The first-order chi connectivity index (χ1) is 6.81. The largest absolute Gasteiger partial charge is 0.330 e. The molecule has 1 atom stereocenters. The molecule has 0 amide bonds. The Bertz CT molecular complexity index is 437. The lowest BCUT2D eigenvalue weighted by Crippen LogP contribution is -2.10. The fourth-order valence-corrected chi connectivity index (χ4v) is 1.48. The maximum Gasteiger partial charge on any atom is 0.0705 e. The number of hydrogen-bond donors (Lipinski definition) is 1. The van der Waals surface area contributed by atoms with Gasteiger partial charge in [-0.05, 0) is 12.1 Å². The van der Waals surface area contributed by atoms with Crippen LogP contribution in [0, 0.1) is 0 Å². The minimum Gasteiger partial charge on any atom is -0.330 e. The number of rotatable bonds is 2. The summed E-state index contributed by atoms with van der Waals surface area (Å²) in [6.07, 6.45) is 0. The average molecular weight is 186 g/mol. The summed E-state index contributed by atoms with van der Waals surface area (Å²) >= 11 is 0. The van der Waals surface area contributed by atoms with Crippen LogP contribution in [-0.4, -0.2) is 11.5 Å². The molecule has 2 nitrogen and oxygen atoms in total. The van der Waals surface area contributed by atoms with Crippen molar-refractivity contribution in [2.45, 2.75) is 12.8 Å². The Morgan fingerprint density at radius 1 is 1.21 bits per heavy atom. The number of para-hydroxylation sites is 1. The normalized spacial score (nSPS) is 13.0. The van der Waals surface area contributed by atoms with Crippen LogP contribution in [0.4, 0.5) is 0 Å². The van der Waals surface area contributed by atoms with Crippen molar-refractivity contribution in [3.8, 4) is 0 Å². The number of pyridine rings is 1. The van der Waals surface area contributed by atoms with E-state index in [0.717, 1.165) is 11.2 Å². The van der Waals surface area contributed by atoms with Gasteiger partial charge in [0, 0.05) is 23.5 Å². The first kappa shape index (κ1) is 9.16. The molecule has 0 aliphatic carbocycles. The lowest BCUT2D eigenvalue weighted by Gasteiger charge is -2.08. The monoisotopic (exact) mass is 186 g/mol. The van der Waals surface area contributed by atoms with E-state index >= 15 is 0 Å². The van der Waals surface area contributed by atoms with Gasteiger partial charge in [-0.2, -0.15) is 0 Å². The molecule has 2 rings (SSSR count). The molecule has 1 aromatic carbocycles. The molecule has 72 valence electrons. The van der Waals surface area contributed by atoms with Crippen molar-refractivity contribution in [3.05, 3.63) is 42.1 Å². The molecule has 1 aromatic heterocycles. The lowest BCUT2D eigenvalue weighted by atomic mass is 10.1. The zero-order valence-corrected chi connectivity index (χ0v) is 8.27. The van der Waals surface area contributed by atoms with E-state index in [1.165, 1.54) is 5.39 Å². The zero-order valence-electron chi connectivity index (χ0n) is 8.27. The maximum absolute atomic E-state index is 5.61. The molecule has 0 spiro atoms. The van der Waals surface area contributed by atoms with Crippen molar-refractivity contribution in [2.24, 2.45) is 5.73 Å². The van der Waals surface area contributed by atoms with Gasteiger partial charge in [0.25, 0.3) is 0 Å². The van der Waals surface area contributed by atoms with E-state index in [1.54, 1.807) is 0 Å². The molecule has 2 N–H and O–H groups in total. The Kier molecular flexibility index (Phi) is 2.46. The van der Waals surface area contributed by atoms with Gasteiger partial charge < -0.3 is 5.73 Å². The number of nitrogens with two attached hydrogens (primary N) is 1. The van der Waals surface area contributed by atoms with Gasteiger partial charge in [0.1, 0.15) is 0 Å². The van der Waals surface area contributed by atoms with E-state index in [-0.39, 0.29) is 0 Å². The second kappa shape index (κ2) is 3.76. The van der Waals surface area contributed by atoms with E-state index in [9.17, 15) is 0 Å². The number of nitrogens with zero attached hydrogens (tertiary/aromatic N) is 1. The minimum absolute atomic E-state index is 0.333. The number of hydrogen-bond acceptors (Lipinski definition) is 2. The van der Waals surface area contributed by atoms with E-state index < -0.39 is 0 Å². The Hall–Kier alpha value is -1.41. The third kappa shape index (κ3) is 1.61. The Labute approximate surface area is 83.8 Å². The van der Waals surface area contributed by atoms with Gasteiger partial charge in [-0.1, -0.05) is 31.2 Å². The second-order valence-electron chi connectivity index (χ2n) is 3.57.